The Kier molecular flexibility index (Phi) is 6.23. The van der Waals surface area contributed by atoms with E-state index in [2.05, 4.69) is 17.6 Å². The number of nitriles is 1. The number of nitrogens with zero attached hydrogens (tertiary/aromatic N) is 1. The molecular formula is C16H22N2OS. The van der Waals surface area contributed by atoms with Crippen molar-refractivity contribution in [2.75, 3.05) is 12.9 Å². The molecule has 1 aromatic carbocycles. The molecule has 0 heterocycles. The zero-order valence-corrected chi connectivity index (χ0v) is 12.8. The normalized spacial score (nSPS) is 22.2. The van der Waals surface area contributed by atoms with Crippen LogP contribution in [0.3, 0.4) is 0 Å². The molecule has 1 saturated carbocycles. The summed E-state index contributed by atoms with van der Waals surface area (Å²) in [6.07, 6.45) is 7.41. The second-order valence-electron chi connectivity index (χ2n) is 5.18. The van der Waals surface area contributed by atoms with Gasteiger partial charge in [0.2, 0.25) is 0 Å². The van der Waals surface area contributed by atoms with E-state index in [4.69, 9.17) is 10.00 Å². The third-order valence-electron chi connectivity index (χ3n) is 3.80. The third-order valence-corrected chi connectivity index (χ3v) is 4.94. The summed E-state index contributed by atoms with van der Waals surface area (Å²) in [4.78, 5) is 0. The van der Waals surface area contributed by atoms with Crippen LogP contribution in [0.2, 0.25) is 0 Å². The molecular weight excluding hydrogens is 268 g/mol. The molecule has 0 saturated heterocycles. The maximum Gasteiger partial charge on any atom is 0.174 e. The number of hydrogen-bond acceptors (Lipinski definition) is 4. The van der Waals surface area contributed by atoms with E-state index in [1.54, 1.807) is 0 Å². The Balaban J connectivity index is 1.78. The van der Waals surface area contributed by atoms with Gasteiger partial charge in [0.15, 0.2) is 6.61 Å². The van der Waals surface area contributed by atoms with Crippen molar-refractivity contribution >= 4 is 11.8 Å². The lowest BCUT2D eigenvalue weighted by atomic mass is 9.95. The van der Waals surface area contributed by atoms with E-state index in [1.165, 1.54) is 31.2 Å². The van der Waals surface area contributed by atoms with Gasteiger partial charge in [-0.15, -0.1) is 0 Å². The van der Waals surface area contributed by atoms with Crippen molar-refractivity contribution in [1.82, 2.24) is 5.32 Å². The van der Waals surface area contributed by atoms with Gasteiger partial charge in [-0.3, -0.25) is 0 Å². The molecule has 0 amide bonds. The van der Waals surface area contributed by atoms with Crippen LogP contribution in [0, 0.1) is 11.3 Å². The van der Waals surface area contributed by atoms with E-state index < -0.39 is 0 Å². The van der Waals surface area contributed by atoms with Gasteiger partial charge in [-0.2, -0.15) is 17.0 Å². The van der Waals surface area contributed by atoms with Crippen molar-refractivity contribution in [3.63, 3.8) is 0 Å². The minimum atomic E-state index is 0.107. The van der Waals surface area contributed by atoms with E-state index in [-0.39, 0.29) is 6.61 Å². The molecule has 0 bridgehead atoms. The smallest absolute Gasteiger partial charge is 0.174 e. The van der Waals surface area contributed by atoms with Crippen LogP contribution in [0.1, 0.15) is 31.2 Å². The molecule has 0 unspecified atom stereocenters. The monoisotopic (exact) mass is 290 g/mol. The highest BCUT2D eigenvalue weighted by atomic mass is 32.2. The largest absolute Gasteiger partial charge is 0.479 e. The molecule has 0 aromatic heterocycles. The van der Waals surface area contributed by atoms with Crippen LogP contribution in [-0.4, -0.2) is 24.2 Å². The van der Waals surface area contributed by atoms with Crippen LogP contribution in [0.4, 0.5) is 0 Å². The fourth-order valence-electron chi connectivity index (χ4n) is 2.63. The van der Waals surface area contributed by atoms with E-state index in [1.807, 2.05) is 36.0 Å². The van der Waals surface area contributed by atoms with Gasteiger partial charge in [0.25, 0.3) is 0 Å². The van der Waals surface area contributed by atoms with E-state index in [9.17, 15) is 0 Å². The lowest BCUT2D eigenvalue weighted by molar-refractivity contribution is 0.365. The van der Waals surface area contributed by atoms with Gasteiger partial charge < -0.3 is 10.1 Å². The quantitative estimate of drug-likeness (QED) is 0.872. The molecule has 3 nitrogen and oxygen atoms in total. The fourth-order valence-corrected chi connectivity index (χ4v) is 3.37. The third kappa shape index (κ3) is 4.73. The zero-order valence-electron chi connectivity index (χ0n) is 12.0. The Hall–Kier alpha value is -1.18. The average Bonchev–Trinajstić information content (AvgIpc) is 2.52. The van der Waals surface area contributed by atoms with E-state index in [0.29, 0.717) is 6.04 Å². The molecule has 0 aliphatic heterocycles. The number of thioether (sulfide) groups is 1. The van der Waals surface area contributed by atoms with Crippen molar-refractivity contribution < 1.29 is 4.74 Å². The number of hydrogen-bond donors (Lipinski definition) is 1. The van der Waals surface area contributed by atoms with Gasteiger partial charge in [-0.05, 0) is 49.6 Å². The molecule has 1 aliphatic carbocycles. The van der Waals surface area contributed by atoms with Gasteiger partial charge in [0.05, 0.1) is 0 Å². The Labute approximate surface area is 125 Å². The lowest BCUT2D eigenvalue weighted by Gasteiger charge is -2.28. The molecule has 20 heavy (non-hydrogen) atoms. The van der Waals surface area contributed by atoms with E-state index in [0.717, 1.165) is 17.5 Å². The Bertz CT molecular complexity index is 450. The molecule has 2 rings (SSSR count). The maximum atomic E-state index is 8.52. The number of nitrogens with one attached hydrogen (secondary N) is 1. The molecule has 1 fully saturated rings. The van der Waals surface area contributed by atoms with Crippen molar-refractivity contribution in [3.05, 3.63) is 29.8 Å². The average molecular weight is 290 g/mol. The van der Waals surface area contributed by atoms with Crippen molar-refractivity contribution in [3.8, 4) is 11.8 Å². The first kappa shape index (κ1) is 15.2. The van der Waals surface area contributed by atoms with Crippen LogP contribution < -0.4 is 10.1 Å². The molecule has 1 aliphatic rings. The predicted octanol–water partition coefficient (Wildman–Crippen LogP) is 3.35. The maximum absolute atomic E-state index is 8.52. The van der Waals surface area contributed by atoms with Gasteiger partial charge in [0, 0.05) is 17.8 Å². The van der Waals surface area contributed by atoms with Gasteiger partial charge in [-0.25, -0.2) is 0 Å². The van der Waals surface area contributed by atoms with Crippen LogP contribution in [-0.2, 0) is 6.54 Å². The fraction of sp³-hybridized carbons (Fsp3) is 0.562. The van der Waals surface area contributed by atoms with Crippen LogP contribution in [0.5, 0.6) is 5.75 Å². The van der Waals surface area contributed by atoms with Crippen LogP contribution in [0.25, 0.3) is 0 Å². The van der Waals surface area contributed by atoms with Gasteiger partial charge in [-0.1, -0.05) is 12.1 Å². The molecule has 108 valence electrons. The topological polar surface area (TPSA) is 45.0 Å². The first-order valence-electron chi connectivity index (χ1n) is 7.16. The molecule has 0 radical (unpaired) electrons. The summed E-state index contributed by atoms with van der Waals surface area (Å²) in [6.45, 7) is 0.980. The van der Waals surface area contributed by atoms with Crippen molar-refractivity contribution in [2.45, 2.75) is 43.5 Å². The Morgan fingerprint density at radius 3 is 2.85 bits per heavy atom. The first-order valence-corrected chi connectivity index (χ1v) is 8.45. The van der Waals surface area contributed by atoms with Gasteiger partial charge in [0.1, 0.15) is 11.8 Å². The summed E-state index contributed by atoms with van der Waals surface area (Å²) in [7, 11) is 0. The van der Waals surface area contributed by atoms with E-state index >= 15 is 0 Å². The highest BCUT2D eigenvalue weighted by Gasteiger charge is 2.19. The zero-order chi connectivity index (χ0) is 14.2. The Morgan fingerprint density at radius 1 is 1.35 bits per heavy atom. The molecule has 0 atom stereocenters. The summed E-state index contributed by atoms with van der Waals surface area (Å²) < 4.78 is 5.32. The highest BCUT2D eigenvalue weighted by molar-refractivity contribution is 7.99. The number of benzene rings is 1. The summed E-state index contributed by atoms with van der Waals surface area (Å²) in [6, 6.07) is 10.6. The molecule has 1 aromatic rings. The molecule has 0 spiro atoms. The van der Waals surface area contributed by atoms with Gasteiger partial charge >= 0.3 is 0 Å². The second-order valence-corrected chi connectivity index (χ2v) is 6.32. The van der Waals surface area contributed by atoms with Crippen molar-refractivity contribution in [2.24, 2.45) is 0 Å². The second kappa shape index (κ2) is 8.18. The SMILES string of the molecule is CSC1CCC(NCc2cccc(OCC#N)c2)CC1. The molecule has 4 heteroatoms. The van der Waals surface area contributed by atoms with Crippen molar-refractivity contribution in [1.29, 1.82) is 5.26 Å². The number of rotatable bonds is 6. The summed E-state index contributed by atoms with van der Waals surface area (Å²) >= 11 is 2.00. The first-order chi connectivity index (χ1) is 9.81. The van der Waals surface area contributed by atoms with Crippen LogP contribution >= 0.6 is 11.8 Å². The van der Waals surface area contributed by atoms with Crippen LogP contribution in [0.15, 0.2) is 24.3 Å². The lowest BCUT2D eigenvalue weighted by Crippen LogP contribution is -2.33. The minimum Gasteiger partial charge on any atom is -0.479 e. The highest BCUT2D eigenvalue weighted by Crippen LogP contribution is 2.27. The predicted molar refractivity (Wildman–Crippen MR) is 83.9 cm³/mol. The summed E-state index contributed by atoms with van der Waals surface area (Å²) in [5, 5.41) is 13.0. The number of ether oxygens (including phenoxy) is 1. The standard InChI is InChI=1S/C16H22N2OS/c1-20-16-7-5-14(6-8-16)18-12-13-3-2-4-15(11-13)19-10-9-17/h2-4,11,14,16,18H,5-8,10,12H2,1H3. The summed E-state index contributed by atoms with van der Waals surface area (Å²) in [5.74, 6) is 0.775. The molecule has 1 N–H and O–H groups in total. The Morgan fingerprint density at radius 2 is 2.15 bits per heavy atom. The summed E-state index contributed by atoms with van der Waals surface area (Å²) in [5.41, 5.74) is 1.22. The minimum absolute atomic E-state index is 0.107.